The zero-order chi connectivity index (χ0) is 20.9. The van der Waals surface area contributed by atoms with Crippen LogP contribution in [0.5, 0.6) is 11.5 Å². The van der Waals surface area contributed by atoms with E-state index in [-0.39, 0.29) is 35.8 Å². The van der Waals surface area contributed by atoms with E-state index in [1.54, 1.807) is 0 Å². The number of hydrogen-bond donors (Lipinski definition) is 3. The van der Waals surface area contributed by atoms with E-state index in [2.05, 4.69) is 27.0 Å². The van der Waals surface area contributed by atoms with Crippen LogP contribution in [0.3, 0.4) is 0 Å². The van der Waals surface area contributed by atoms with Gasteiger partial charge < -0.3 is 25.4 Å². The molecule has 1 unspecified atom stereocenters. The number of aliphatic imine (C=N–C) groups is 1. The molecule has 1 atom stereocenters. The van der Waals surface area contributed by atoms with E-state index in [1.165, 1.54) is 0 Å². The molecule has 2 aliphatic rings. The van der Waals surface area contributed by atoms with Crippen molar-refractivity contribution in [2.24, 2.45) is 4.99 Å². The topological polar surface area (TPSA) is 84.0 Å². The second-order valence-electron chi connectivity index (χ2n) is 7.21. The number of nitrogens with zero attached hydrogens (tertiary/aromatic N) is 1. The fourth-order valence-corrected chi connectivity index (χ4v) is 3.96. The molecule has 4 rings (SSSR count). The second-order valence-corrected chi connectivity index (χ2v) is 7.62. The van der Waals surface area contributed by atoms with Crippen molar-refractivity contribution in [2.45, 2.75) is 25.8 Å². The van der Waals surface area contributed by atoms with Gasteiger partial charge in [0.25, 0.3) is 0 Å². The fraction of sp³-hybridized carbons (Fsp3) is 0.364. The summed E-state index contributed by atoms with van der Waals surface area (Å²) >= 11 is 6.33. The molecule has 2 aromatic carbocycles. The normalized spacial score (nSPS) is 17.2. The van der Waals surface area contributed by atoms with Gasteiger partial charge in [-0.3, -0.25) is 4.79 Å². The van der Waals surface area contributed by atoms with Crippen molar-refractivity contribution in [2.75, 3.05) is 31.6 Å². The number of halogens is 2. The first-order valence-electron chi connectivity index (χ1n) is 10.1. The van der Waals surface area contributed by atoms with Crippen LogP contribution in [0, 0.1) is 0 Å². The minimum absolute atomic E-state index is 0. The highest BCUT2D eigenvalue weighted by molar-refractivity contribution is 14.0. The standard InChI is InChI=1S/C22H25ClN4O3.HI/c1-2-24-22(25-12-14-9-17(23)21-19(10-14)29-7-8-30-21)26-13-15-11-20(28)27-18-6-4-3-5-16(15)18;/h3-6,9-10,15H,2,7-8,11-13H2,1H3,(H,27,28)(H2,24,25,26);1H. The van der Waals surface area contributed by atoms with E-state index in [0.29, 0.717) is 55.2 Å². The first-order chi connectivity index (χ1) is 14.6. The molecule has 0 aromatic heterocycles. The summed E-state index contributed by atoms with van der Waals surface area (Å²) < 4.78 is 11.2. The lowest BCUT2D eigenvalue weighted by atomic mass is 9.90. The Kier molecular flexibility index (Phi) is 8.25. The van der Waals surface area contributed by atoms with Crippen molar-refractivity contribution < 1.29 is 14.3 Å². The molecule has 0 spiro atoms. The van der Waals surface area contributed by atoms with Crippen molar-refractivity contribution in [3.63, 3.8) is 0 Å². The molecule has 0 bridgehead atoms. The third-order valence-corrected chi connectivity index (χ3v) is 5.32. The van der Waals surface area contributed by atoms with Crippen molar-refractivity contribution in [3.05, 3.63) is 52.5 Å². The highest BCUT2D eigenvalue weighted by atomic mass is 127. The molecule has 2 aromatic rings. The number of carbonyl (C=O) groups is 1. The summed E-state index contributed by atoms with van der Waals surface area (Å²) in [6.45, 7) is 4.81. The lowest BCUT2D eigenvalue weighted by Gasteiger charge is -2.26. The Balaban J connectivity index is 0.00000272. The predicted molar refractivity (Wildman–Crippen MR) is 133 cm³/mol. The molecule has 9 heteroatoms. The largest absolute Gasteiger partial charge is 0.486 e. The molecule has 2 aliphatic heterocycles. The van der Waals surface area contributed by atoms with Gasteiger partial charge in [-0.1, -0.05) is 29.8 Å². The van der Waals surface area contributed by atoms with Crippen molar-refractivity contribution >= 4 is 53.1 Å². The first-order valence-corrected chi connectivity index (χ1v) is 10.5. The van der Waals surface area contributed by atoms with E-state index in [9.17, 15) is 4.79 Å². The second kappa shape index (κ2) is 10.9. The molecule has 0 aliphatic carbocycles. The van der Waals surface area contributed by atoms with E-state index >= 15 is 0 Å². The molecular weight excluding hydrogens is 531 g/mol. The van der Waals surface area contributed by atoms with Crippen LogP contribution < -0.4 is 25.4 Å². The van der Waals surface area contributed by atoms with E-state index in [1.807, 2.05) is 37.3 Å². The molecule has 0 saturated heterocycles. The maximum absolute atomic E-state index is 12.0. The number of para-hydroxylation sites is 1. The van der Waals surface area contributed by atoms with Gasteiger partial charge in [0.15, 0.2) is 17.5 Å². The summed E-state index contributed by atoms with van der Waals surface area (Å²) in [5, 5.41) is 10.1. The minimum Gasteiger partial charge on any atom is -0.486 e. The Morgan fingerprint density at radius 1 is 1.23 bits per heavy atom. The molecule has 0 saturated carbocycles. The number of rotatable bonds is 5. The van der Waals surface area contributed by atoms with E-state index in [4.69, 9.17) is 21.1 Å². The summed E-state index contributed by atoms with van der Waals surface area (Å²) in [6.07, 6.45) is 0.446. The SMILES string of the molecule is CCNC(=NCc1cc(Cl)c2c(c1)OCCO2)NCC1CC(=O)Nc2ccccc21.I. The van der Waals surface area contributed by atoms with Crippen LogP contribution in [0.25, 0.3) is 0 Å². The minimum atomic E-state index is 0. The maximum Gasteiger partial charge on any atom is 0.225 e. The lowest BCUT2D eigenvalue weighted by molar-refractivity contribution is -0.116. The Bertz CT molecular complexity index is 970. The van der Waals surface area contributed by atoms with Crippen LogP contribution in [0.15, 0.2) is 41.4 Å². The summed E-state index contributed by atoms with van der Waals surface area (Å²) in [7, 11) is 0. The molecule has 7 nitrogen and oxygen atoms in total. The lowest BCUT2D eigenvalue weighted by Crippen LogP contribution is -2.40. The number of carbonyl (C=O) groups excluding carboxylic acids is 1. The fourth-order valence-electron chi connectivity index (χ4n) is 3.67. The van der Waals surface area contributed by atoms with Crippen molar-refractivity contribution in [1.82, 2.24) is 10.6 Å². The predicted octanol–water partition coefficient (Wildman–Crippen LogP) is 3.91. The van der Waals surface area contributed by atoms with Gasteiger partial charge in [-0.05, 0) is 36.2 Å². The quantitative estimate of drug-likeness (QED) is 0.296. The van der Waals surface area contributed by atoms with Crippen LogP contribution in [0.2, 0.25) is 5.02 Å². The van der Waals surface area contributed by atoms with Crippen LogP contribution in [0.4, 0.5) is 5.69 Å². The number of ether oxygens (including phenoxy) is 2. The number of hydrogen-bond acceptors (Lipinski definition) is 4. The maximum atomic E-state index is 12.0. The molecule has 3 N–H and O–H groups in total. The first kappa shape index (κ1) is 23.5. The highest BCUT2D eigenvalue weighted by Crippen LogP contribution is 2.38. The number of benzene rings is 2. The average Bonchev–Trinajstić information content (AvgIpc) is 2.75. The van der Waals surface area contributed by atoms with Crippen molar-refractivity contribution in [1.29, 1.82) is 0 Å². The number of amides is 1. The smallest absolute Gasteiger partial charge is 0.225 e. The van der Waals surface area contributed by atoms with Gasteiger partial charge >= 0.3 is 0 Å². The van der Waals surface area contributed by atoms with E-state index < -0.39 is 0 Å². The summed E-state index contributed by atoms with van der Waals surface area (Å²) in [5.74, 6) is 2.06. The Labute approximate surface area is 204 Å². The third kappa shape index (κ3) is 5.74. The number of nitrogens with one attached hydrogen (secondary N) is 3. The highest BCUT2D eigenvalue weighted by Gasteiger charge is 2.24. The molecule has 166 valence electrons. The Morgan fingerprint density at radius 2 is 2.03 bits per heavy atom. The Morgan fingerprint density at radius 3 is 2.87 bits per heavy atom. The molecule has 2 heterocycles. The van der Waals surface area contributed by atoms with Crippen LogP contribution in [-0.4, -0.2) is 38.2 Å². The van der Waals surface area contributed by atoms with E-state index in [0.717, 1.165) is 23.4 Å². The van der Waals surface area contributed by atoms with Crippen LogP contribution in [0.1, 0.15) is 30.4 Å². The number of guanidine groups is 1. The molecule has 0 fully saturated rings. The van der Waals surface area contributed by atoms with Gasteiger partial charge in [-0.15, -0.1) is 24.0 Å². The third-order valence-electron chi connectivity index (χ3n) is 5.04. The molecule has 0 radical (unpaired) electrons. The summed E-state index contributed by atoms with van der Waals surface area (Å²) in [5.41, 5.74) is 2.95. The Hall–Kier alpha value is -2.20. The number of anilines is 1. The van der Waals surface area contributed by atoms with Crippen molar-refractivity contribution in [3.8, 4) is 11.5 Å². The summed E-state index contributed by atoms with van der Waals surface area (Å²) in [4.78, 5) is 16.7. The average molecular weight is 557 g/mol. The van der Waals surface area contributed by atoms with Gasteiger partial charge in [-0.25, -0.2) is 4.99 Å². The zero-order valence-electron chi connectivity index (χ0n) is 17.2. The molecule has 31 heavy (non-hydrogen) atoms. The summed E-state index contributed by atoms with van der Waals surface area (Å²) in [6, 6.07) is 11.7. The zero-order valence-corrected chi connectivity index (χ0v) is 20.3. The van der Waals surface area contributed by atoms with Crippen LogP contribution in [-0.2, 0) is 11.3 Å². The van der Waals surface area contributed by atoms with Crippen LogP contribution >= 0.6 is 35.6 Å². The monoisotopic (exact) mass is 556 g/mol. The molecule has 1 amide bonds. The molecular formula is C22H26ClIN4O3. The van der Waals surface area contributed by atoms with Gasteiger partial charge in [0.2, 0.25) is 5.91 Å². The van der Waals surface area contributed by atoms with Gasteiger partial charge in [0.05, 0.1) is 11.6 Å². The van der Waals surface area contributed by atoms with Gasteiger partial charge in [0, 0.05) is 31.1 Å². The van der Waals surface area contributed by atoms with Gasteiger partial charge in [0.1, 0.15) is 13.2 Å². The number of fused-ring (bicyclic) bond motifs is 2. The van der Waals surface area contributed by atoms with Gasteiger partial charge in [-0.2, -0.15) is 0 Å².